The molecule has 18 heavy (non-hydrogen) atoms. The van der Waals surface area contributed by atoms with Gasteiger partial charge < -0.3 is 15.4 Å². The Kier molecular flexibility index (Phi) is 3.88. The van der Waals surface area contributed by atoms with Gasteiger partial charge in [0.25, 0.3) is 0 Å². The lowest BCUT2D eigenvalue weighted by Crippen LogP contribution is -2.30. The van der Waals surface area contributed by atoms with Crippen LogP contribution in [-0.4, -0.2) is 41.2 Å². The summed E-state index contributed by atoms with van der Waals surface area (Å²) >= 11 is 0. The molecular weight excluding hydrogens is 238 g/mol. The van der Waals surface area contributed by atoms with Crippen molar-refractivity contribution in [2.45, 2.75) is 18.9 Å². The van der Waals surface area contributed by atoms with Crippen molar-refractivity contribution in [2.24, 2.45) is 0 Å². The summed E-state index contributed by atoms with van der Waals surface area (Å²) in [7, 11) is 1.66. The zero-order valence-electron chi connectivity index (χ0n) is 10.0. The van der Waals surface area contributed by atoms with E-state index in [0.717, 1.165) is 19.4 Å². The van der Waals surface area contributed by atoms with Gasteiger partial charge in [-0.05, 0) is 12.8 Å². The number of nitrogens with zero attached hydrogens (tertiary/aromatic N) is 3. The van der Waals surface area contributed by atoms with Crippen molar-refractivity contribution in [3.8, 4) is 0 Å². The number of ether oxygens (including phenoxy) is 1. The lowest BCUT2D eigenvalue weighted by atomic mass is 10.1. The van der Waals surface area contributed by atoms with Crippen molar-refractivity contribution in [1.29, 1.82) is 0 Å². The molecule has 0 aromatic carbocycles. The third kappa shape index (κ3) is 2.83. The molecular formula is C10H15N5O3. The summed E-state index contributed by atoms with van der Waals surface area (Å²) in [6, 6.07) is 0.0528. The summed E-state index contributed by atoms with van der Waals surface area (Å²) in [6.45, 7) is 1.28. The Bertz CT molecular complexity index is 434. The Morgan fingerprint density at radius 2 is 2.44 bits per heavy atom. The fourth-order valence-corrected chi connectivity index (χ4v) is 1.78. The second-order valence-electron chi connectivity index (χ2n) is 3.99. The van der Waals surface area contributed by atoms with Crippen molar-refractivity contribution < 1.29 is 9.66 Å². The quantitative estimate of drug-likeness (QED) is 0.610. The minimum atomic E-state index is -0.495. The first-order valence-corrected chi connectivity index (χ1v) is 5.74. The predicted octanol–water partition coefficient (Wildman–Crippen LogP) is 1.02. The molecule has 0 bridgehead atoms. The van der Waals surface area contributed by atoms with E-state index in [2.05, 4.69) is 20.6 Å². The Morgan fingerprint density at radius 1 is 1.61 bits per heavy atom. The normalized spacial score (nSPS) is 19.3. The first kappa shape index (κ1) is 12.5. The zero-order chi connectivity index (χ0) is 13.0. The maximum Gasteiger partial charge on any atom is 0.329 e. The lowest BCUT2D eigenvalue weighted by Gasteiger charge is -2.23. The van der Waals surface area contributed by atoms with Crippen LogP contribution in [0.5, 0.6) is 0 Å². The summed E-state index contributed by atoms with van der Waals surface area (Å²) < 4.78 is 5.32. The molecule has 8 nitrogen and oxygen atoms in total. The topological polar surface area (TPSA) is 102 Å². The molecule has 1 unspecified atom stereocenters. The van der Waals surface area contributed by atoms with Crippen molar-refractivity contribution in [3.63, 3.8) is 0 Å². The molecule has 0 aliphatic carbocycles. The molecule has 1 aromatic heterocycles. The summed E-state index contributed by atoms with van der Waals surface area (Å²) in [6.07, 6.45) is 3.05. The van der Waals surface area contributed by atoms with E-state index in [-0.39, 0.29) is 17.5 Å². The van der Waals surface area contributed by atoms with Crippen LogP contribution >= 0.6 is 0 Å². The van der Waals surface area contributed by atoms with E-state index in [4.69, 9.17) is 4.74 Å². The highest BCUT2D eigenvalue weighted by Crippen LogP contribution is 2.24. The van der Waals surface area contributed by atoms with E-state index in [0.29, 0.717) is 12.6 Å². The molecule has 0 saturated carbocycles. The van der Waals surface area contributed by atoms with Gasteiger partial charge in [-0.15, -0.1) is 0 Å². The van der Waals surface area contributed by atoms with Gasteiger partial charge >= 0.3 is 5.69 Å². The average molecular weight is 253 g/mol. The lowest BCUT2D eigenvalue weighted by molar-refractivity contribution is -0.384. The standard InChI is InChI=1S/C10H15N5O3/c1-11-10-12-5-8(15(16)17)9(14-10)13-7-3-2-4-18-6-7/h5,7H,2-4,6H2,1H3,(H2,11,12,13,14). The van der Waals surface area contributed by atoms with Crippen LogP contribution in [0.15, 0.2) is 6.20 Å². The van der Waals surface area contributed by atoms with E-state index in [1.807, 2.05) is 0 Å². The molecule has 0 spiro atoms. The average Bonchev–Trinajstić information content (AvgIpc) is 2.39. The second-order valence-corrected chi connectivity index (χ2v) is 3.99. The highest BCUT2D eigenvalue weighted by Gasteiger charge is 2.21. The van der Waals surface area contributed by atoms with Crippen LogP contribution in [-0.2, 0) is 4.74 Å². The van der Waals surface area contributed by atoms with Gasteiger partial charge in [-0.3, -0.25) is 10.1 Å². The largest absolute Gasteiger partial charge is 0.379 e. The number of nitro groups is 1. The van der Waals surface area contributed by atoms with Crippen LogP contribution in [0, 0.1) is 10.1 Å². The van der Waals surface area contributed by atoms with Gasteiger partial charge in [-0.25, -0.2) is 4.98 Å². The first-order chi connectivity index (χ1) is 8.70. The molecule has 2 heterocycles. The SMILES string of the molecule is CNc1ncc([N+](=O)[O-])c(NC2CCCOC2)n1. The summed E-state index contributed by atoms with van der Waals surface area (Å²) in [5.41, 5.74) is -0.125. The molecule has 2 N–H and O–H groups in total. The van der Waals surface area contributed by atoms with Crippen molar-refractivity contribution in [3.05, 3.63) is 16.3 Å². The second kappa shape index (κ2) is 5.58. The van der Waals surface area contributed by atoms with Crippen LogP contribution in [0.2, 0.25) is 0 Å². The third-order valence-corrected chi connectivity index (χ3v) is 2.69. The van der Waals surface area contributed by atoms with Gasteiger partial charge in [0.15, 0.2) is 0 Å². The molecule has 2 rings (SSSR count). The fraction of sp³-hybridized carbons (Fsp3) is 0.600. The monoisotopic (exact) mass is 253 g/mol. The van der Waals surface area contributed by atoms with Crippen LogP contribution in [0.1, 0.15) is 12.8 Å². The van der Waals surface area contributed by atoms with Gasteiger partial charge in [0.1, 0.15) is 6.20 Å². The predicted molar refractivity (Wildman–Crippen MR) is 65.7 cm³/mol. The third-order valence-electron chi connectivity index (χ3n) is 2.69. The molecule has 1 saturated heterocycles. The van der Waals surface area contributed by atoms with Gasteiger partial charge in [0.05, 0.1) is 17.6 Å². The van der Waals surface area contributed by atoms with Crippen LogP contribution in [0.3, 0.4) is 0 Å². The van der Waals surface area contributed by atoms with E-state index in [1.54, 1.807) is 7.05 Å². The van der Waals surface area contributed by atoms with E-state index >= 15 is 0 Å². The number of rotatable bonds is 4. The Morgan fingerprint density at radius 3 is 3.06 bits per heavy atom. The van der Waals surface area contributed by atoms with E-state index < -0.39 is 4.92 Å². The molecule has 1 aliphatic heterocycles. The maximum absolute atomic E-state index is 10.9. The minimum absolute atomic E-state index is 0.0528. The first-order valence-electron chi connectivity index (χ1n) is 5.74. The number of hydrogen-bond acceptors (Lipinski definition) is 7. The molecule has 1 aromatic rings. The Hall–Kier alpha value is -1.96. The van der Waals surface area contributed by atoms with Gasteiger partial charge in [-0.2, -0.15) is 4.98 Å². The highest BCUT2D eigenvalue weighted by atomic mass is 16.6. The van der Waals surface area contributed by atoms with Gasteiger partial charge in [-0.1, -0.05) is 0 Å². The molecule has 0 amide bonds. The van der Waals surface area contributed by atoms with Crippen LogP contribution in [0.25, 0.3) is 0 Å². The fourth-order valence-electron chi connectivity index (χ4n) is 1.78. The highest BCUT2D eigenvalue weighted by molar-refractivity contribution is 5.57. The number of hydrogen-bond donors (Lipinski definition) is 2. The number of nitrogens with one attached hydrogen (secondary N) is 2. The van der Waals surface area contributed by atoms with Crippen LogP contribution in [0.4, 0.5) is 17.5 Å². The van der Waals surface area contributed by atoms with Gasteiger partial charge in [0, 0.05) is 13.7 Å². The molecule has 0 radical (unpaired) electrons. The van der Waals surface area contributed by atoms with E-state index in [9.17, 15) is 10.1 Å². The molecule has 98 valence electrons. The summed E-state index contributed by atoms with van der Waals surface area (Å²) in [4.78, 5) is 18.3. The molecule has 1 atom stereocenters. The maximum atomic E-state index is 10.9. The van der Waals surface area contributed by atoms with Crippen molar-refractivity contribution in [1.82, 2.24) is 9.97 Å². The van der Waals surface area contributed by atoms with Crippen LogP contribution < -0.4 is 10.6 Å². The van der Waals surface area contributed by atoms with E-state index in [1.165, 1.54) is 6.20 Å². The molecule has 1 aliphatic rings. The van der Waals surface area contributed by atoms with Crippen molar-refractivity contribution >= 4 is 17.5 Å². The Labute approximate surface area is 104 Å². The Balaban J connectivity index is 2.19. The molecule has 8 heteroatoms. The molecule has 1 fully saturated rings. The zero-order valence-corrected chi connectivity index (χ0v) is 10.0. The minimum Gasteiger partial charge on any atom is -0.379 e. The van der Waals surface area contributed by atoms with Gasteiger partial charge in [0.2, 0.25) is 11.8 Å². The number of anilines is 2. The summed E-state index contributed by atoms with van der Waals surface area (Å²) in [5, 5.41) is 16.7. The summed E-state index contributed by atoms with van der Waals surface area (Å²) in [5.74, 6) is 0.578. The smallest absolute Gasteiger partial charge is 0.329 e. The number of aromatic nitrogens is 2. The van der Waals surface area contributed by atoms with Crippen molar-refractivity contribution in [2.75, 3.05) is 30.9 Å².